The van der Waals surface area contributed by atoms with Crippen LogP contribution in [0.4, 0.5) is 9.18 Å². The Morgan fingerprint density at radius 2 is 1.84 bits per heavy atom. The molecule has 3 heterocycles. The van der Waals surface area contributed by atoms with Gasteiger partial charge in [-0.3, -0.25) is 14.5 Å². The van der Waals surface area contributed by atoms with Gasteiger partial charge in [0.25, 0.3) is 5.91 Å². The zero-order valence-corrected chi connectivity index (χ0v) is 17.5. The van der Waals surface area contributed by atoms with Crippen molar-refractivity contribution in [1.29, 1.82) is 0 Å². The number of hydrogen-bond donors (Lipinski definition) is 1. The van der Waals surface area contributed by atoms with Crippen molar-refractivity contribution < 1.29 is 23.9 Å². The number of imide groups is 1. The number of nitrogens with zero attached hydrogens (tertiary/aromatic N) is 3. The molecule has 1 aromatic heterocycles. The first-order valence-corrected chi connectivity index (χ1v) is 10.5. The Bertz CT molecular complexity index is 1270. The molecule has 3 aromatic rings. The Morgan fingerprint density at radius 3 is 2.56 bits per heavy atom. The van der Waals surface area contributed by atoms with E-state index in [0.29, 0.717) is 13.0 Å². The zero-order valence-electron chi connectivity index (χ0n) is 17.5. The maximum atomic E-state index is 13.4. The first-order chi connectivity index (χ1) is 15.3. The molecule has 2 aromatic carbocycles. The van der Waals surface area contributed by atoms with E-state index in [2.05, 4.69) is 4.57 Å². The van der Waals surface area contributed by atoms with Crippen molar-refractivity contribution >= 4 is 28.8 Å². The summed E-state index contributed by atoms with van der Waals surface area (Å²) in [4.78, 5) is 39.9. The molecule has 2 aliphatic heterocycles. The van der Waals surface area contributed by atoms with Crippen molar-refractivity contribution in [2.75, 3.05) is 6.54 Å². The van der Waals surface area contributed by atoms with Gasteiger partial charge in [-0.2, -0.15) is 0 Å². The molecule has 0 saturated carbocycles. The molecule has 1 unspecified atom stereocenters. The number of aromatic nitrogens is 1. The lowest BCUT2D eigenvalue weighted by Crippen LogP contribution is -2.51. The number of aliphatic carboxylic acids is 1. The molecule has 3 amide bonds. The Balaban J connectivity index is 1.57. The number of hydrogen-bond acceptors (Lipinski definition) is 3. The molecule has 0 radical (unpaired) electrons. The van der Waals surface area contributed by atoms with E-state index in [-0.39, 0.29) is 31.2 Å². The van der Waals surface area contributed by atoms with Crippen molar-refractivity contribution in [3.05, 3.63) is 71.2 Å². The van der Waals surface area contributed by atoms with Crippen LogP contribution < -0.4 is 0 Å². The number of amides is 3. The minimum atomic E-state index is -1.05. The van der Waals surface area contributed by atoms with Crippen molar-refractivity contribution in [2.24, 2.45) is 0 Å². The van der Waals surface area contributed by atoms with E-state index in [0.717, 1.165) is 32.6 Å². The van der Waals surface area contributed by atoms with Gasteiger partial charge in [0.15, 0.2) is 0 Å². The second-order valence-corrected chi connectivity index (χ2v) is 8.57. The number of para-hydroxylation sites is 1. The monoisotopic (exact) mass is 435 g/mol. The summed E-state index contributed by atoms with van der Waals surface area (Å²) in [5.74, 6) is -1.71. The van der Waals surface area contributed by atoms with Gasteiger partial charge in [-0.1, -0.05) is 30.3 Å². The summed E-state index contributed by atoms with van der Waals surface area (Å²) in [7, 11) is 0. The topological polar surface area (TPSA) is 82.8 Å². The van der Waals surface area contributed by atoms with Crippen LogP contribution in [0.1, 0.15) is 30.2 Å². The molecule has 8 heteroatoms. The summed E-state index contributed by atoms with van der Waals surface area (Å²) in [5, 5.41) is 10.0. The van der Waals surface area contributed by atoms with Gasteiger partial charge in [0.2, 0.25) is 0 Å². The number of carbonyl (C=O) groups is 3. The second-order valence-electron chi connectivity index (χ2n) is 8.57. The predicted molar refractivity (Wildman–Crippen MR) is 114 cm³/mol. The highest BCUT2D eigenvalue weighted by atomic mass is 19.1. The fourth-order valence-electron chi connectivity index (χ4n) is 4.92. The molecule has 1 saturated heterocycles. The first-order valence-electron chi connectivity index (χ1n) is 10.5. The molecule has 7 nitrogen and oxygen atoms in total. The maximum Gasteiger partial charge on any atom is 0.328 e. The summed E-state index contributed by atoms with van der Waals surface area (Å²) >= 11 is 0. The SMILES string of the molecule is CC12Cc3c(n(Cc4ccc(F)cc4)c4ccccc34)CN1C(=O)N(CCC(=O)O)C2=O. The van der Waals surface area contributed by atoms with Crippen molar-refractivity contribution in [2.45, 2.75) is 38.4 Å². The standard InChI is InChI=1S/C24H22FN3O4/c1-24-12-18-17-4-2-3-5-19(17)27(13-15-6-8-16(25)9-7-15)20(18)14-28(24)23(32)26(22(24)31)11-10-21(29)30/h2-9H,10-14H2,1H3,(H,29,30). The number of fused-ring (bicyclic) bond motifs is 4. The molecular weight excluding hydrogens is 413 g/mol. The van der Waals surface area contributed by atoms with Crippen LogP contribution in [0.2, 0.25) is 0 Å². The third kappa shape index (κ3) is 2.97. The van der Waals surface area contributed by atoms with Gasteiger partial charge < -0.3 is 14.6 Å². The minimum Gasteiger partial charge on any atom is -0.481 e. The summed E-state index contributed by atoms with van der Waals surface area (Å²) in [6.07, 6.45) is 0.0709. The van der Waals surface area contributed by atoms with Crippen LogP contribution in [0.15, 0.2) is 48.5 Å². The normalized spacial score (nSPS) is 20.1. The number of benzene rings is 2. The average molecular weight is 435 g/mol. The molecule has 0 spiro atoms. The highest BCUT2D eigenvalue weighted by Crippen LogP contribution is 2.42. The summed E-state index contributed by atoms with van der Waals surface area (Å²) < 4.78 is 15.5. The number of carboxylic acids is 1. The average Bonchev–Trinajstić information content (AvgIpc) is 3.16. The largest absolute Gasteiger partial charge is 0.481 e. The molecule has 1 atom stereocenters. The molecule has 0 aliphatic carbocycles. The maximum absolute atomic E-state index is 13.4. The van der Waals surface area contributed by atoms with E-state index in [4.69, 9.17) is 5.11 Å². The second kappa shape index (κ2) is 7.19. The number of carboxylic acid groups (broad SMARTS) is 1. The quantitative estimate of drug-likeness (QED) is 0.623. The molecule has 164 valence electrons. The number of carbonyl (C=O) groups excluding carboxylic acids is 2. The smallest absolute Gasteiger partial charge is 0.328 e. The Morgan fingerprint density at radius 1 is 1.12 bits per heavy atom. The van der Waals surface area contributed by atoms with E-state index < -0.39 is 17.5 Å². The lowest BCUT2D eigenvalue weighted by atomic mass is 9.86. The highest BCUT2D eigenvalue weighted by molar-refractivity contribution is 6.08. The molecule has 0 bridgehead atoms. The fraction of sp³-hybridized carbons (Fsp3) is 0.292. The zero-order chi connectivity index (χ0) is 22.6. The van der Waals surface area contributed by atoms with Gasteiger partial charge in [-0.05, 0) is 36.2 Å². The molecule has 1 N–H and O–H groups in total. The van der Waals surface area contributed by atoms with Crippen LogP contribution in [0, 0.1) is 5.82 Å². The van der Waals surface area contributed by atoms with Crippen molar-refractivity contribution in [3.8, 4) is 0 Å². The number of halogens is 1. The van der Waals surface area contributed by atoms with Crippen LogP contribution in [-0.2, 0) is 29.1 Å². The van der Waals surface area contributed by atoms with E-state index in [1.807, 2.05) is 24.3 Å². The van der Waals surface area contributed by atoms with Gasteiger partial charge in [0.05, 0.1) is 13.0 Å². The third-order valence-electron chi connectivity index (χ3n) is 6.59. The van der Waals surface area contributed by atoms with Crippen LogP contribution in [0.5, 0.6) is 0 Å². The van der Waals surface area contributed by atoms with E-state index in [9.17, 15) is 18.8 Å². The Hall–Kier alpha value is -3.68. The van der Waals surface area contributed by atoms with Crippen molar-refractivity contribution in [1.82, 2.24) is 14.4 Å². The van der Waals surface area contributed by atoms with Crippen LogP contribution in [-0.4, -0.2) is 49.5 Å². The number of rotatable bonds is 5. The molecule has 2 aliphatic rings. The minimum absolute atomic E-state index is 0.139. The lowest BCUT2D eigenvalue weighted by Gasteiger charge is -2.36. The lowest BCUT2D eigenvalue weighted by molar-refractivity contribution is -0.138. The highest BCUT2D eigenvalue weighted by Gasteiger charge is 2.56. The van der Waals surface area contributed by atoms with Gasteiger partial charge >= 0.3 is 12.0 Å². The third-order valence-corrected chi connectivity index (χ3v) is 6.59. The van der Waals surface area contributed by atoms with E-state index in [1.54, 1.807) is 24.0 Å². The van der Waals surface area contributed by atoms with Gasteiger partial charge in [-0.15, -0.1) is 0 Å². The van der Waals surface area contributed by atoms with Gasteiger partial charge in [-0.25, -0.2) is 9.18 Å². The molecule has 32 heavy (non-hydrogen) atoms. The summed E-state index contributed by atoms with van der Waals surface area (Å²) in [6.45, 7) is 2.37. The molecule has 1 fully saturated rings. The first kappa shape index (κ1) is 20.2. The Kier molecular flexibility index (Phi) is 4.54. The molecule has 5 rings (SSSR count). The summed E-state index contributed by atoms with van der Waals surface area (Å²) in [6, 6.07) is 13.8. The van der Waals surface area contributed by atoms with Crippen molar-refractivity contribution in [3.63, 3.8) is 0 Å². The van der Waals surface area contributed by atoms with Crippen LogP contribution >= 0.6 is 0 Å². The number of urea groups is 1. The summed E-state index contributed by atoms with van der Waals surface area (Å²) in [5.41, 5.74) is 2.83. The van der Waals surface area contributed by atoms with E-state index >= 15 is 0 Å². The molecular formula is C24H22FN3O4. The predicted octanol–water partition coefficient (Wildman–Crippen LogP) is 3.38. The fourth-order valence-corrected chi connectivity index (χ4v) is 4.92. The van der Waals surface area contributed by atoms with Crippen LogP contribution in [0.3, 0.4) is 0 Å². The van der Waals surface area contributed by atoms with Gasteiger partial charge in [0.1, 0.15) is 11.4 Å². The van der Waals surface area contributed by atoms with E-state index in [1.165, 1.54) is 12.1 Å². The van der Waals surface area contributed by atoms with Crippen LogP contribution in [0.25, 0.3) is 10.9 Å². The Labute approximate surface area is 183 Å². The van der Waals surface area contributed by atoms with Gasteiger partial charge in [0, 0.05) is 36.1 Å².